The Labute approximate surface area is 123 Å². The van der Waals surface area contributed by atoms with Gasteiger partial charge in [-0.05, 0) is 49.4 Å². The van der Waals surface area contributed by atoms with Gasteiger partial charge in [0, 0.05) is 24.2 Å². The second-order valence-corrected chi connectivity index (χ2v) is 5.78. The molecule has 2 rings (SSSR count). The fraction of sp³-hybridized carbons (Fsp3) is 0.429. The standard InChI is InChI=1S/C14H20N6O/c1-14(2,3)15-8-7-13(21)17-11-5-4-6-12(9-11)20-10-16-18-19-20/h4-6,9-10,15H,7-8H2,1-3H3,(H,17,21). The number of carbonyl (C=O) groups excluding carboxylic acids is 1. The Morgan fingerprint density at radius 3 is 2.81 bits per heavy atom. The first-order valence-corrected chi connectivity index (χ1v) is 6.82. The van der Waals surface area contributed by atoms with Crippen LogP contribution in [0.25, 0.3) is 5.69 Å². The molecule has 0 aliphatic carbocycles. The summed E-state index contributed by atoms with van der Waals surface area (Å²) in [6, 6.07) is 7.38. The minimum Gasteiger partial charge on any atom is -0.326 e. The Morgan fingerprint density at radius 1 is 1.33 bits per heavy atom. The van der Waals surface area contributed by atoms with Gasteiger partial charge in [-0.2, -0.15) is 0 Å². The number of nitrogens with one attached hydrogen (secondary N) is 2. The van der Waals surface area contributed by atoms with Crippen molar-refractivity contribution in [1.82, 2.24) is 25.5 Å². The number of benzene rings is 1. The van der Waals surface area contributed by atoms with Gasteiger partial charge in [0.1, 0.15) is 6.33 Å². The van der Waals surface area contributed by atoms with Crippen LogP contribution in [0, 0.1) is 0 Å². The number of hydrogen-bond donors (Lipinski definition) is 2. The maximum atomic E-state index is 11.9. The molecule has 0 aliphatic heterocycles. The van der Waals surface area contributed by atoms with Crippen LogP contribution < -0.4 is 10.6 Å². The maximum absolute atomic E-state index is 11.9. The zero-order chi connectivity index (χ0) is 15.3. The predicted molar refractivity (Wildman–Crippen MR) is 80.2 cm³/mol. The van der Waals surface area contributed by atoms with Crippen LogP contribution in [-0.2, 0) is 4.79 Å². The van der Waals surface area contributed by atoms with Crippen LogP contribution in [0.5, 0.6) is 0 Å². The molecular weight excluding hydrogens is 268 g/mol. The van der Waals surface area contributed by atoms with Crippen molar-refractivity contribution in [2.24, 2.45) is 0 Å². The largest absolute Gasteiger partial charge is 0.326 e. The van der Waals surface area contributed by atoms with E-state index in [1.807, 2.05) is 24.3 Å². The molecule has 7 nitrogen and oxygen atoms in total. The maximum Gasteiger partial charge on any atom is 0.225 e. The number of aromatic nitrogens is 4. The number of tetrazole rings is 1. The van der Waals surface area contributed by atoms with E-state index in [0.29, 0.717) is 13.0 Å². The molecule has 1 aromatic carbocycles. The van der Waals surface area contributed by atoms with Crippen molar-refractivity contribution in [1.29, 1.82) is 0 Å². The normalized spacial score (nSPS) is 11.4. The Balaban J connectivity index is 1.91. The summed E-state index contributed by atoms with van der Waals surface area (Å²) < 4.78 is 1.54. The minimum atomic E-state index is -0.0272. The van der Waals surface area contributed by atoms with Crippen molar-refractivity contribution in [3.8, 4) is 5.69 Å². The van der Waals surface area contributed by atoms with Gasteiger partial charge in [-0.1, -0.05) is 6.07 Å². The topological polar surface area (TPSA) is 84.7 Å². The highest BCUT2D eigenvalue weighted by Gasteiger charge is 2.10. The Morgan fingerprint density at radius 2 is 2.14 bits per heavy atom. The van der Waals surface area contributed by atoms with E-state index in [0.717, 1.165) is 11.4 Å². The second kappa shape index (κ2) is 6.45. The van der Waals surface area contributed by atoms with Crippen LogP contribution in [0.15, 0.2) is 30.6 Å². The zero-order valence-electron chi connectivity index (χ0n) is 12.5. The summed E-state index contributed by atoms with van der Waals surface area (Å²) in [7, 11) is 0. The average molecular weight is 288 g/mol. The van der Waals surface area contributed by atoms with Crippen molar-refractivity contribution < 1.29 is 4.79 Å². The molecule has 1 heterocycles. The fourth-order valence-corrected chi connectivity index (χ4v) is 1.78. The molecule has 112 valence electrons. The lowest BCUT2D eigenvalue weighted by atomic mass is 10.1. The third-order valence-corrected chi connectivity index (χ3v) is 2.75. The van der Waals surface area contributed by atoms with Gasteiger partial charge in [-0.3, -0.25) is 4.79 Å². The molecule has 0 spiro atoms. The highest BCUT2D eigenvalue weighted by molar-refractivity contribution is 5.91. The van der Waals surface area contributed by atoms with Crippen molar-refractivity contribution in [3.05, 3.63) is 30.6 Å². The molecule has 0 saturated heterocycles. The molecule has 1 amide bonds. The van der Waals surface area contributed by atoms with E-state index in [2.05, 4.69) is 46.9 Å². The first-order valence-electron chi connectivity index (χ1n) is 6.82. The number of carbonyl (C=O) groups is 1. The zero-order valence-corrected chi connectivity index (χ0v) is 12.5. The third kappa shape index (κ3) is 4.96. The first kappa shape index (κ1) is 15.1. The molecule has 1 aromatic heterocycles. The Kier molecular flexibility index (Phi) is 4.64. The summed E-state index contributed by atoms with van der Waals surface area (Å²) in [5.74, 6) is -0.0272. The molecule has 0 aliphatic rings. The lowest BCUT2D eigenvalue weighted by Crippen LogP contribution is -2.37. The van der Waals surface area contributed by atoms with E-state index >= 15 is 0 Å². The van der Waals surface area contributed by atoms with E-state index < -0.39 is 0 Å². The summed E-state index contributed by atoms with van der Waals surface area (Å²) >= 11 is 0. The molecule has 7 heteroatoms. The number of amides is 1. The van der Waals surface area contributed by atoms with Gasteiger partial charge in [0.25, 0.3) is 0 Å². The molecule has 0 radical (unpaired) electrons. The fourth-order valence-electron chi connectivity index (χ4n) is 1.78. The number of nitrogens with zero attached hydrogens (tertiary/aromatic N) is 4. The molecule has 0 fully saturated rings. The monoisotopic (exact) mass is 288 g/mol. The van der Waals surface area contributed by atoms with Gasteiger partial charge in [-0.25, -0.2) is 4.68 Å². The van der Waals surface area contributed by atoms with E-state index in [9.17, 15) is 4.79 Å². The van der Waals surface area contributed by atoms with Gasteiger partial charge in [0.05, 0.1) is 5.69 Å². The van der Waals surface area contributed by atoms with Gasteiger partial charge in [0.2, 0.25) is 5.91 Å². The molecule has 0 unspecified atom stereocenters. The van der Waals surface area contributed by atoms with E-state index in [4.69, 9.17) is 0 Å². The van der Waals surface area contributed by atoms with Gasteiger partial charge < -0.3 is 10.6 Å². The van der Waals surface area contributed by atoms with Crippen LogP contribution in [-0.4, -0.2) is 38.2 Å². The number of anilines is 1. The van der Waals surface area contributed by atoms with Gasteiger partial charge >= 0.3 is 0 Å². The summed E-state index contributed by atoms with van der Waals surface area (Å²) in [5, 5.41) is 17.1. The SMILES string of the molecule is CC(C)(C)NCCC(=O)Nc1cccc(-n2cnnn2)c1. The first-order chi connectivity index (χ1) is 9.94. The van der Waals surface area contributed by atoms with Crippen LogP contribution in [0.2, 0.25) is 0 Å². The van der Waals surface area contributed by atoms with Crippen molar-refractivity contribution >= 4 is 11.6 Å². The smallest absolute Gasteiger partial charge is 0.225 e. The van der Waals surface area contributed by atoms with Crippen LogP contribution in [0.3, 0.4) is 0 Å². The Hall–Kier alpha value is -2.28. The van der Waals surface area contributed by atoms with Crippen molar-refractivity contribution in [3.63, 3.8) is 0 Å². The van der Waals surface area contributed by atoms with Crippen LogP contribution in [0.1, 0.15) is 27.2 Å². The van der Waals surface area contributed by atoms with E-state index in [1.54, 1.807) is 0 Å². The molecule has 0 bridgehead atoms. The highest BCUT2D eigenvalue weighted by Crippen LogP contribution is 2.13. The summed E-state index contributed by atoms with van der Waals surface area (Å²) in [6.45, 7) is 6.85. The average Bonchev–Trinajstić information content (AvgIpc) is 2.91. The summed E-state index contributed by atoms with van der Waals surface area (Å²) in [6.07, 6.45) is 1.93. The summed E-state index contributed by atoms with van der Waals surface area (Å²) in [5.41, 5.74) is 1.54. The van der Waals surface area contributed by atoms with E-state index in [-0.39, 0.29) is 11.4 Å². The minimum absolute atomic E-state index is 0.0142. The number of hydrogen-bond acceptors (Lipinski definition) is 5. The summed E-state index contributed by atoms with van der Waals surface area (Å²) in [4.78, 5) is 11.9. The van der Waals surface area contributed by atoms with Crippen LogP contribution >= 0.6 is 0 Å². The molecule has 0 atom stereocenters. The second-order valence-electron chi connectivity index (χ2n) is 5.78. The van der Waals surface area contributed by atoms with Crippen molar-refractivity contribution in [2.75, 3.05) is 11.9 Å². The van der Waals surface area contributed by atoms with Crippen molar-refractivity contribution in [2.45, 2.75) is 32.7 Å². The molecule has 2 aromatic rings. The Bertz CT molecular complexity index is 588. The van der Waals surface area contributed by atoms with Gasteiger partial charge in [-0.15, -0.1) is 5.10 Å². The third-order valence-electron chi connectivity index (χ3n) is 2.75. The molecule has 2 N–H and O–H groups in total. The highest BCUT2D eigenvalue weighted by atomic mass is 16.1. The quantitative estimate of drug-likeness (QED) is 0.868. The molecule has 0 saturated carbocycles. The lowest BCUT2D eigenvalue weighted by Gasteiger charge is -2.20. The lowest BCUT2D eigenvalue weighted by molar-refractivity contribution is -0.116. The number of rotatable bonds is 5. The molecule has 21 heavy (non-hydrogen) atoms. The van der Waals surface area contributed by atoms with Gasteiger partial charge in [0.15, 0.2) is 0 Å². The molecular formula is C14H20N6O. The predicted octanol–water partition coefficient (Wildman–Crippen LogP) is 1.38. The van der Waals surface area contributed by atoms with Crippen LogP contribution in [0.4, 0.5) is 5.69 Å². The van der Waals surface area contributed by atoms with E-state index in [1.165, 1.54) is 11.0 Å².